The molecule has 5 nitrogen and oxygen atoms in total. The molecule has 1 aromatic rings. The monoisotopic (exact) mass is 281 g/mol. The molecule has 0 amide bonds. The minimum absolute atomic E-state index is 0.229. The molecule has 0 saturated carbocycles. The Morgan fingerprint density at radius 1 is 1.45 bits per heavy atom. The molecule has 112 valence electrons. The van der Waals surface area contributed by atoms with Crippen molar-refractivity contribution in [2.45, 2.75) is 25.0 Å². The van der Waals surface area contributed by atoms with Crippen molar-refractivity contribution in [3.63, 3.8) is 0 Å². The summed E-state index contributed by atoms with van der Waals surface area (Å²) in [7, 11) is 0. The third-order valence-corrected chi connectivity index (χ3v) is 3.44. The van der Waals surface area contributed by atoms with Gasteiger partial charge in [-0.05, 0) is 18.6 Å². The zero-order valence-corrected chi connectivity index (χ0v) is 11.8. The second kappa shape index (κ2) is 7.04. The van der Waals surface area contributed by atoms with E-state index in [9.17, 15) is 10.2 Å². The first-order valence-electron chi connectivity index (χ1n) is 6.96. The maximum absolute atomic E-state index is 10.0. The van der Waals surface area contributed by atoms with E-state index in [0.717, 1.165) is 11.3 Å². The Balaban J connectivity index is 1.65. The van der Waals surface area contributed by atoms with Gasteiger partial charge in [0.15, 0.2) is 0 Å². The van der Waals surface area contributed by atoms with Crippen LogP contribution in [0.4, 0.5) is 0 Å². The van der Waals surface area contributed by atoms with E-state index in [4.69, 9.17) is 9.47 Å². The van der Waals surface area contributed by atoms with E-state index in [1.54, 1.807) is 0 Å². The molecule has 1 aromatic carbocycles. The Hall–Kier alpha value is -1.14. The van der Waals surface area contributed by atoms with E-state index in [0.29, 0.717) is 32.7 Å². The number of aliphatic hydroxyl groups is 2. The Kier molecular flexibility index (Phi) is 5.37. The van der Waals surface area contributed by atoms with Crippen LogP contribution in [0, 0.1) is 6.92 Å². The van der Waals surface area contributed by atoms with Gasteiger partial charge >= 0.3 is 0 Å². The van der Waals surface area contributed by atoms with Gasteiger partial charge in [0.1, 0.15) is 24.1 Å². The normalized spacial score (nSPS) is 23.8. The fourth-order valence-electron chi connectivity index (χ4n) is 2.17. The van der Waals surface area contributed by atoms with Crippen LogP contribution >= 0.6 is 0 Å². The van der Waals surface area contributed by atoms with Gasteiger partial charge in [0.2, 0.25) is 0 Å². The summed E-state index contributed by atoms with van der Waals surface area (Å²) in [6, 6.07) is 7.71. The zero-order chi connectivity index (χ0) is 14.4. The van der Waals surface area contributed by atoms with Crippen molar-refractivity contribution in [2.24, 2.45) is 0 Å². The summed E-state index contributed by atoms with van der Waals surface area (Å²) in [5.74, 6) is 0.786. The van der Waals surface area contributed by atoms with Crippen LogP contribution in [0.15, 0.2) is 24.3 Å². The highest BCUT2D eigenvalue weighted by molar-refractivity contribution is 5.31. The molecule has 2 rings (SSSR count). The molecular weight excluding hydrogens is 258 g/mol. The van der Waals surface area contributed by atoms with Gasteiger partial charge in [-0.1, -0.05) is 18.2 Å². The number of ether oxygens (including phenoxy) is 2. The number of hydrogen-bond acceptors (Lipinski definition) is 5. The third-order valence-electron chi connectivity index (χ3n) is 3.44. The van der Waals surface area contributed by atoms with Gasteiger partial charge in [0.25, 0.3) is 0 Å². The maximum Gasteiger partial charge on any atom is 0.122 e. The molecule has 0 radical (unpaired) electrons. The Morgan fingerprint density at radius 2 is 2.25 bits per heavy atom. The Bertz CT molecular complexity index is 418. The number of aryl methyl sites for hydroxylation is 1. The summed E-state index contributed by atoms with van der Waals surface area (Å²) < 4.78 is 10.7. The average Bonchev–Trinajstić information content (AvgIpc) is 2.85. The molecule has 0 aromatic heterocycles. The molecule has 0 spiro atoms. The summed E-state index contributed by atoms with van der Waals surface area (Å²) >= 11 is 0. The molecule has 2 unspecified atom stereocenters. The van der Waals surface area contributed by atoms with Crippen LogP contribution in [0.1, 0.15) is 12.0 Å². The molecule has 1 heterocycles. The number of nitrogens with one attached hydrogen (secondary N) is 1. The van der Waals surface area contributed by atoms with Crippen LogP contribution in [0.2, 0.25) is 0 Å². The lowest BCUT2D eigenvalue weighted by atomic mass is 10.0. The van der Waals surface area contributed by atoms with Gasteiger partial charge in [-0.3, -0.25) is 0 Å². The highest BCUT2D eigenvalue weighted by Gasteiger charge is 2.31. The smallest absolute Gasteiger partial charge is 0.122 e. The highest BCUT2D eigenvalue weighted by Crippen LogP contribution is 2.17. The molecule has 2 atom stereocenters. The second-order valence-corrected chi connectivity index (χ2v) is 5.39. The molecule has 1 aliphatic heterocycles. The van der Waals surface area contributed by atoms with Gasteiger partial charge in [0.05, 0.1) is 6.61 Å². The van der Waals surface area contributed by atoms with Gasteiger partial charge < -0.3 is 25.0 Å². The fraction of sp³-hybridized carbons (Fsp3) is 0.600. The summed E-state index contributed by atoms with van der Waals surface area (Å²) in [6.07, 6.45) is 0.0241. The van der Waals surface area contributed by atoms with Crippen LogP contribution in [-0.4, -0.2) is 54.8 Å². The molecule has 1 aliphatic rings. The minimum atomic E-state index is -0.795. The van der Waals surface area contributed by atoms with Crippen molar-refractivity contribution >= 4 is 0 Å². The number of aliphatic hydroxyl groups excluding tert-OH is 1. The lowest BCUT2D eigenvalue weighted by Gasteiger charge is -2.22. The first kappa shape index (κ1) is 15.3. The molecule has 3 N–H and O–H groups in total. The van der Waals surface area contributed by atoms with E-state index in [1.807, 2.05) is 31.2 Å². The summed E-state index contributed by atoms with van der Waals surface area (Å²) in [6.45, 7) is 3.96. The van der Waals surface area contributed by atoms with E-state index >= 15 is 0 Å². The van der Waals surface area contributed by atoms with E-state index in [1.165, 1.54) is 0 Å². The maximum atomic E-state index is 10.0. The van der Waals surface area contributed by atoms with Crippen LogP contribution < -0.4 is 10.1 Å². The average molecular weight is 281 g/mol. The standard InChI is InChI=1S/C15H23NO4/c1-12-4-2-3-5-14(12)20-9-13(17)8-16-10-15(18)6-7-19-11-15/h2-5,13,16-18H,6-11H2,1H3. The predicted molar refractivity (Wildman–Crippen MR) is 75.9 cm³/mol. The van der Waals surface area contributed by atoms with Gasteiger partial charge in [-0.2, -0.15) is 0 Å². The number of rotatable bonds is 7. The molecule has 0 aliphatic carbocycles. The van der Waals surface area contributed by atoms with Crippen LogP contribution in [0.25, 0.3) is 0 Å². The van der Waals surface area contributed by atoms with Crippen molar-refractivity contribution in [2.75, 3.05) is 32.9 Å². The van der Waals surface area contributed by atoms with Gasteiger partial charge in [0, 0.05) is 26.1 Å². The first-order chi connectivity index (χ1) is 9.59. The number of benzene rings is 1. The zero-order valence-electron chi connectivity index (χ0n) is 11.8. The SMILES string of the molecule is Cc1ccccc1OCC(O)CNCC1(O)CCOC1. The van der Waals surface area contributed by atoms with E-state index < -0.39 is 11.7 Å². The van der Waals surface area contributed by atoms with Crippen molar-refractivity contribution in [3.05, 3.63) is 29.8 Å². The quantitative estimate of drug-likeness (QED) is 0.678. The van der Waals surface area contributed by atoms with Crippen molar-refractivity contribution in [3.8, 4) is 5.75 Å². The minimum Gasteiger partial charge on any atom is -0.491 e. The molecular formula is C15H23NO4. The van der Waals surface area contributed by atoms with Crippen molar-refractivity contribution < 1.29 is 19.7 Å². The summed E-state index contributed by atoms with van der Waals surface area (Å²) in [5, 5.41) is 23.0. The topological polar surface area (TPSA) is 71.0 Å². The van der Waals surface area contributed by atoms with Gasteiger partial charge in [-0.25, -0.2) is 0 Å². The number of hydrogen-bond donors (Lipinski definition) is 3. The van der Waals surface area contributed by atoms with E-state index in [2.05, 4.69) is 5.32 Å². The van der Waals surface area contributed by atoms with Crippen LogP contribution in [0.3, 0.4) is 0 Å². The van der Waals surface area contributed by atoms with Crippen LogP contribution in [-0.2, 0) is 4.74 Å². The van der Waals surface area contributed by atoms with E-state index in [-0.39, 0.29) is 6.61 Å². The van der Waals surface area contributed by atoms with Crippen LogP contribution in [0.5, 0.6) is 5.75 Å². The fourth-order valence-corrected chi connectivity index (χ4v) is 2.17. The molecule has 5 heteroatoms. The van der Waals surface area contributed by atoms with Crippen molar-refractivity contribution in [1.82, 2.24) is 5.32 Å². The summed E-state index contributed by atoms with van der Waals surface area (Å²) in [5.41, 5.74) is 0.251. The summed E-state index contributed by atoms with van der Waals surface area (Å²) in [4.78, 5) is 0. The predicted octanol–water partition coefficient (Wildman–Crippen LogP) is 0.476. The molecule has 1 saturated heterocycles. The molecule has 0 bridgehead atoms. The largest absolute Gasteiger partial charge is 0.491 e. The Morgan fingerprint density at radius 3 is 2.95 bits per heavy atom. The highest BCUT2D eigenvalue weighted by atomic mass is 16.5. The third kappa shape index (κ3) is 4.45. The lowest BCUT2D eigenvalue weighted by molar-refractivity contribution is 0.0226. The number of para-hydroxylation sites is 1. The van der Waals surface area contributed by atoms with Crippen molar-refractivity contribution in [1.29, 1.82) is 0 Å². The van der Waals surface area contributed by atoms with Gasteiger partial charge in [-0.15, -0.1) is 0 Å². The lowest BCUT2D eigenvalue weighted by Crippen LogP contribution is -2.44. The molecule has 20 heavy (non-hydrogen) atoms. The first-order valence-corrected chi connectivity index (χ1v) is 6.96. The second-order valence-electron chi connectivity index (χ2n) is 5.39. The Labute approximate surface area is 119 Å². The molecule has 1 fully saturated rings.